The second kappa shape index (κ2) is 7.33. The Labute approximate surface area is 135 Å². The normalized spacial score (nSPS) is 12.6. The van der Waals surface area contributed by atoms with Crippen molar-refractivity contribution in [1.82, 2.24) is 15.2 Å². The lowest BCUT2D eigenvalue weighted by Crippen LogP contribution is -2.32. The van der Waals surface area contributed by atoms with Gasteiger partial charge in [0.1, 0.15) is 5.82 Å². The highest BCUT2D eigenvalue weighted by molar-refractivity contribution is 9.10. The van der Waals surface area contributed by atoms with Gasteiger partial charge in [-0.2, -0.15) is 5.10 Å². The molecule has 0 bridgehead atoms. The molecule has 2 aromatic rings. The third kappa shape index (κ3) is 3.61. The van der Waals surface area contributed by atoms with E-state index in [1.165, 1.54) is 6.07 Å². The average Bonchev–Trinajstić information content (AvgIpc) is 2.81. The Kier molecular flexibility index (Phi) is 5.72. The molecule has 5 nitrogen and oxygen atoms in total. The summed E-state index contributed by atoms with van der Waals surface area (Å²) in [6, 6.07) is 3.91. The lowest BCUT2D eigenvalue weighted by atomic mass is 10.0. The minimum Gasteiger partial charge on any atom is -0.383 e. The van der Waals surface area contributed by atoms with Crippen molar-refractivity contribution in [3.05, 3.63) is 51.0 Å². The van der Waals surface area contributed by atoms with Crippen LogP contribution in [0.25, 0.3) is 0 Å². The van der Waals surface area contributed by atoms with E-state index in [2.05, 4.69) is 26.5 Å². The van der Waals surface area contributed by atoms with E-state index in [4.69, 9.17) is 22.2 Å². The third-order valence-electron chi connectivity index (χ3n) is 3.05. The Hall–Kier alpha value is -0.990. The van der Waals surface area contributed by atoms with E-state index in [0.717, 1.165) is 10.2 Å². The number of hydrogen-bond acceptors (Lipinski definition) is 4. The molecule has 0 saturated carbocycles. The molecule has 0 fully saturated rings. The largest absolute Gasteiger partial charge is 0.383 e. The monoisotopic (exact) mass is 376 g/mol. The maximum absolute atomic E-state index is 14.1. The van der Waals surface area contributed by atoms with Crippen molar-refractivity contribution < 1.29 is 9.13 Å². The Bertz CT molecular complexity index is 622. The number of nitrogens with zero attached hydrogens (tertiary/aromatic N) is 2. The molecule has 8 heteroatoms. The first-order valence-electron chi connectivity index (χ1n) is 6.19. The fourth-order valence-corrected chi connectivity index (χ4v) is 2.75. The van der Waals surface area contributed by atoms with Gasteiger partial charge in [-0.3, -0.25) is 10.5 Å². The smallest absolute Gasteiger partial charge is 0.129 e. The van der Waals surface area contributed by atoms with E-state index in [0.29, 0.717) is 23.7 Å². The number of methoxy groups -OCH3 is 1. The lowest BCUT2D eigenvalue weighted by molar-refractivity contribution is 0.182. The molecule has 0 aliphatic heterocycles. The Morgan fingerprint density at radius 3 is 2.95 bits per heavy atom. The van der Waals surface area contributed by atoms with E-state index in [-0.39, 0.29) is 0 Å². The van der Waals surface area contributed by atoms with Gasteiger partial charge in [-0.05, 0) is 28.1 Å². The fourth-order valence-electron chi connectivity index (χ4n) is 2.07. The average molecular weight is 378 g/mol. The molecule has 3 N–H and O–H groups in total. The summed E-state index contributed by atoms with van der Waals surface area (Å²) in [5.41, 5.74) is 3.73. The van der Waals surface area contributed by atoms with Crippen molar-refractivity contribution in [1.29, 1.82) is 0 Å². The number of rotatable bonds is 6. The molecule has 1 heterocycles. The van der Waals surface area contributed by atoms with E-state index in [9.17, 15) is 4.39 Å². The second-order valence-electron chi connectivity index (χ2n) is 4.36. The van der Waals surface area contributed by atoms with E-state index in [1.807, 2.05) is 0 Å². The standard InChI is InChI=1S/C13H15BrClFN4O/c1-21-5-4-20-13(10(14)7-18-20)12(19-17)9-3-2-8(15)6-11(9)16/h2-3,6-7,12,19H,4-5,17H2,1H3. The summed E-state index contributed by atoms with van der Waals surface area (Å²) in [7, 11) is 1.61. The van der Waals surface area contributed by atoms with Crippen LogP contribution >= 0.6 is 27.5 Å². The van der Waals surface area contributed by atoms with Crippen molar-refractivity contribution in [2.24, 2.45) is 5.84 Å². The fraction of sp³-hybridized carbons (Fsp3) is 0.308. The molecule has 0 spiro atoms. The first-order chi connectivity index (χ1) is 10.1. The van der Waals surface area contributed by atoms with Gasteiger partial charge >= 0.3 is 0 Å². The molecular weight excluding hydrogens is 363 g/mol. The van der Waals surface area contributed by atoms with Crippen LogP contribution in [-0.4, -0.2) is 23.5 Å². The molecule has 0 saturated heterocycles. The van der Waals surface area contributed by atoms with E-state index in [1.54, 1.807) is 30.1 Å². The predicted molar refractivity (Wildman–Crippen MR) is 82.4 cm³/mol. The highest BCUT2D eigenvalue weighted by atomic mass is 79.9. The number of nitrogens with one attached hydrogen (secondary N) is 1. The summed E-state index contributed by atoms with van der Waals surface area (Å²) in [6.45, 7) is 1.02. The number of hydrazine groups is 1. The van der Waals surface area contributed by atoms with Crippen LogP contribution in [0.15, 0.2) is 28.9 Å². The lowest BCUT2D eigenvalue weighted by Gasteiger charge is -2.19. The number of halogens is 3. The quantitative estimate of drug-likeness (QED) is 0.600. The van der Waals surface area contributed by atoms with Gasteiger partial charge < -0.3 is 4.74 Å². The van der Waals surface area contributed by atoms with Crippen LogP contribution in [0.1, 0.15) is 17.3 Å². The summed E-state index contributed by atoms with van der Waals surface area (Å²) in [6.07, 6.45) is 1.64. The summed E-state index contributed by atoms with van der Waals surface area (Å²) in [5.74, 6) is 5.19. The highest BCUT2D eigenvalue weighted by Crippen LogP contribution is 2.30. The van der Waals surface area contributed by atoms with Crippen LogP contribution in [0.5, 0.6) is 0 Å². The van der Waals surface area contributed by atoms with Gasteiger partial charge in [-0.25, -0.2) is 9.82 Å². The molecule has 1 atom stereocenters. The van der Waals surface area contributed by atoms with Crippen LogP contribution < -0.4 is 11.3 Å². The summed E-state index contributed by atoms with van der Waals surface area (Å²) in [5, 5.41) is 4.57. The topological polar surface area (TPSA) is 65.1 Å². The zero-order valence-corrected chi connectivity index (χ0v) is 13.7. The molecule has 0 amide bonds. The summed E-state index contributed by atoms with van der Waals surface area (Å²) < 4.78 is 21.6. The SMILES string of the molecule is COCCn1ncc(Br)c1C(NN)c1ccc(Cl)cc1F. The molecule has 0 aliphatic rings. The number of aromatic nitrogens is 2. The molecule has 1 aromatic heterocycles. The van der Waals surface area contributed by atoms with Crippen LogP contribution in [0.3, 0.4) is 0 Å². The molecule has 21 heavy (non-hydrogen) atoms. The zero-order chi connectivity index (χ0) is 15.4. The summed E-state index contributed by atoms with van der Waals surface area (Å²) in [4.78, 5) is 0. The number of hydrogen-bond donors (Lipinski definition) is 2. The van der Waals surface area contributed by atoms with Crippen molar-refractivity contribution in [3.8, 4) is 0 Å². The minimum atomic E-state index is -0.559. The first-order valence-corrected chi connectivity index (χ1v) is 7.36. The van der Waals surface area contributed by atoms with Crippen LogP contribution in [-0.2, 0) is 11.3 Å². The molecular formula is C13H15BrClFN4O. The maximum Gasteiger partial charge on any atom is 0.129 e. The second-order valence-corrected chi connectivity index (χ2v) is 5.65. The predicted octanol–water partition coefficient (Wildman–Crippen LogP) is 2.64. The van der Waals surface area contributed by atoms with Gasteiger partial charge in [0.15, 0.2) is 0 Å². The summed E-state index contributed by atoms with van der Waals surface area (Å²) >= 11 is 9.20. The van der Waals surface area contributed by atoms with Crippen LogP contribution in [0.2, 0.25) is 5.02 Å². The molecule has 0 aliphatic carbocycles. The Balaban J connectivity index is 2.43. The van der Waals surface area contributed by atoms with Crippen molar-refractivity contribution in [3.63, 3.8) is 0 Å². The van der Waals surface area contributed by atoms with Gasteiger partial charge in [-0.15, -0.1) is 0 Å². The number of ether oxygens (including phenoxy) is 1. The molecule has 114 valence electrons. The van der Waals surface area contributed by atoms with Crippen molar-refractivity contribution in [2.75, 3.05) is 13.7 Å². The van der Waals surface area contributed by atoms with Gasteiger partial charge in [-0.1, -0.05) is 17.7 Å². The number of nitrogens with two attached hydrogens (primary N) is 1. The van der Waals surface area contributed by atoms with Crippen LogP contribution in [0.4, 0.5) is 4.39 Å². The highest BCUT2D eigenvalue weighted by Gasteiger charge is 2.23. The number of benzene rings is 1. The van der Waals surface area contributed by atoms with Crippen molar-refractivity contribution in [2.45, 2.75) is 12.6 Å². The van der Waals surface area contributed by atoms with E-state index >= 15 is 0 Å². The van der Waals surface area contributed by atoms with Gasteiger partial charge in [0.25, 0.3) is 0 Å². The maximum atomic E-state index is 14.1. The van der Waals surface area contributed by atoms with Crippen molar-refractivity contribution >= 4 is 27.5 Å². The van der Waals surface area contributed by atoms with Gasteiger partial charge in [0.05, 0.1) is 35.6 Å². The van der Waals surface area contributed by atoms with Gasteiger partial charge in [0.2, 0.25) is 0 Å². The molecule has 2 rings (SSSR count). The van der Waals surface area contributed by atoms with Crippen LogP contribution in [0, 0.1) is 5.82 Å². The molecule has 1 unspecified atom stereocenters. The van der Waals surface area contributed by atoms with Gasteiger partial charge in [0, 0.05) is 17.7 Å². The molecule has 1 aromatic carbocycles. The third-order valence-corrected chi connectivity index (χ3v) is 3.90. The molecule has 0 radical (unpaired) electrons. The first kappa shape index (κ1) is 16.4. The Morgan fingerprint density at radius 1 is 1.57 bits per heavy atom. The minimum absolute atomic E-state index is 0.332. The van der Waals surface area contributed by atoms with E-state index < -0.39 is 11.9 Å². The zero-order valence-electron chi connectivity index (χ0n) is 11.3. The Morgan fingerprint density at radius 2 is 2.33 bits per heavy atom.